The molecule has 0 bridgehead atoms. The molecule has 0 radical (unpaired) electrons. The van der Waals surface area contributed by atoms with Crippen molar-refractivity contribution in [1.29, 1.82) is 0 Å². The van der Waals surface area contributed by atoms with Gasteiger partial charge < -0.3 is 14.8 Å². The molecular formula is C19H17N5O2. The van der Waals surface area contributed by atoms with E-state index in [1.807, 2.05) is 48.5 Å². The normalized spacial score (nSPS) is 11.0. The predicted molar refractivity (Wildman–Crippen MR) is 97.5 cm³/mol. The van der Waals surface area contributed by atoms with Crippen molar-refractivity contribution in [3.63, 3.8) is 0 Å². The lowest BCUT2D eigenvalue weighted by Gasteiger charge is -2.06. The molecule has 0 fully saturated rings. The van der Waals surface area contributed by atoms with Gasteiger partial charge in [0.15, 0.2) is 5.82 Å². The summed E-state index contributed by atoms with van der Waals surface area (Å²) in [6.45, 7) is 1.75. The molecule has 7 heteroatoms. The Labute approximate surface area is 149 Å². The molecule has 0 saturated carbocycles. The monoisotopic (exact) mass is 347 g/mol. The second kappa shape index (κ2) is 6.79. The van der Waals surface area contributed by atoms with Crippen molar-refractivity contribution < 1.29 is 9.32 Å². The van der Waals surface area contributed by atoms with Crippen molar-refractivity contribution in [3.8, 4) is 11.4 Å². The molecule has 0 saturated heterocycles. The number of imidazole rings is 1. The van der Waals surface area contributed by atoms with Crippen LogP contribution in [0.25, 0.3) is 22.4 Å². The molecule has 2 aromatic carbocycles. The maximum atomic E-state index is 12.2. The first-order valence-electron chi connectivity index (χ1n) is 8.31. The fourth-order valence-electron chi connectivity index (χ4n) is 2.72. The first kappa shape index (κ1) is 16.0. The number of fused-ring (bicyclic) bond motifs is 1. The second-order valence-electron chi connectivity index (χ2n) is 5.97. The van der Waals surface area contributed by atoms with Crippen molar-refractivity contribution in [2.24, 2.45) is 0 Å². The summed E-state index contributed by atoms with van der Waals surface area (Å²) >= 11 is 0. The van der Waals surface area contributed by atoms with Crippen LogP contribution in [0.4, 0.5) is 5.69 Å². The van der Waals surface area contributed by atoms with Gasteiger partial charge in [-0.2, -0.15) is 4.98 Å². The van der Waals surface area contributed by atoms with E-state index in [0.29, 0.717) is 18.1 Å². The van der Waals surface area contributed by atoms with E-state index >= 15 is 0 Å². The average molecular weight is 347 g/mol. The number of hydrogen-bond acceptors (Lipinski definition) is 5. The van der Waals surface area contributed by atoms with Gasteiger partial charge in [0.25, 0.3) is 0 Å². The minimum atomic E-state index is -0.109. The summed E-state index contributed by atoms with van der Waals surface area (Å²) in [5, 5.41) is 6.61. The molecule has 2 N–H and O–H groups in total. The number of anilines is 1. The highest BCUT2D eigenvalue weighted by Gasteiger charge is 2.09. The molecule has 2 aromatic heterocycles. The van der Waals surface area contributed by atoms with E-state index in [0.717, 1.165) is 28.1 Å². The number of aromatic nitrogens is 4. The highest BCUT2D eigenvalue weighted by molar-refractivity contribution is 5.91. The van der Waals surface area contributed by atoms with Gasteiger partial charge in [-0.25, -0.2) is 4.98 Å². The Bertz CT molecular complexity index is 1030. The molecule has 0 aliphatic carbocycles. The summed E-state index contributed by atoms with van der Waals surface area (Å²) in [7, 11) is 0. The molecule has 4 aromatic rings. The van der Waals surface area contributed by atoms with Crippen molar-refractivity contribution in [3.05, 3.63) is 60.2 Å². The number of amides is 1. The minimum Gasteiger partial charge on any atom is -0.339 e. The van der Waals surface area contributed by atoms with Crippen molar-refractivity contribution in [1.82, 2.24) is 20.1 Å². The van der Waals surface area contributed by atoms with E-state index in [1.54, 1.807) is 6.92 Å². The molecule has 0 unspecified atom stereocenters. The van der Waals surface area contributed by atoms with E-state index in [4.69, 9.17) is 4.52 Å². The predicted octanol–water partition coefficient (Wildman–Crippen LogP) is 3.49. The number of para-hydroxylation sites is 2. The van der Waals surface area contributed by atoms with Gasteiger partial charge >= 0.3 is 0 Å². The molecule has 1 amide bonds. The number of nitrogens with one attached hydrogen (secondary N) is 2. The lowest BCUT2D eigenvalue weighted by Crippen LogP contribution is -2.12. The van der Waals surface area contributed by atoms with Crippen LogP contribution in [0.2, 0.25) is 0 Å². The quantitative estimate of drug-likeness (QED) is 0.576. The summed E-state index contributed by atoms with van der Waals surface area (Å²) in [4.78, 5) is 24.1. The van der Waals surface area contributed by atoms with Crippen molar-refractivity contribution >= 4 is 22.6 Å². The Morgan fingerprint density at radius 3 is 2.85 bits per heavy atom. The first-order valence-corrected chi connectivity index (χ1v) is 8.31. The Balaban J connectivity index is 1.46. The zero-order chi connectivity index (χ0) is 17.9. The summed E-state index contributed by atoms with van der Waals surface area (Å²) in [6, 6.07) is 15.4. The van der Waals surface area contributed by atoms with Crippen LogP contribution in [0.3, 0.4) is 0 Å². The number of carbonyl (C=O) groups is 1. The fraction of sp³-hybridized carbons (Fsp3) is 0.158. The maximum Gasteiger partial charge on any atom is 0.227 e. The minimum absolute atomic E-state index is 0.109. The summed E-state index contributed by atoms with van der Waals surface area (Å²) < 4.78 is 5.02. The Kier molecular flexibility index (Phi) is 4.18. The number of aryl methyl sites for hydroxylation is 2. The van der Waals surface area contributed by atoms with Crippen LogP contribution in [0.15, 0.2) is 53.1 Å². The standard InChI is InChI=1S/C19H17N5O2/c1-12-20-18(26-24-12)10-9-17(25)21-14-6-4-5-13(11-14)19-22-15-7-2-3-8-16(15)23-19/h2-8,11H,9-10H2,1H3,(H,21,25)(H,22,23). The van der Waals surface area contributed by atoms with Crippen LogP contribution < -0.4 is 5.32 Å². The zero-order valence-corrected chi connectivity index (χ0v) is 14.2. The molecule has 2 heterocycles. The molecule has 130 valence electrons. The number of benzene rings is 2. The fourth-order valence-corrected chi connectivity index (χ4v) is 2.72. The average Bonchev–Trinajstić information content (AvgIpc) is 3.26. The lowest BCUT2D eigenvalue weighted by atomic mass is 10.2. The van der Waals surface area contributed by atoms with E-state index < -0.39 is 0 Å². The SMILES string of the molecule is Cc1noc(CCC(=O)Nc2cccc(-c3nc4ccccc4[nH]3)c2)n1. The smallest absolute Gasteiger partial charge is 0.227 e. The largest absolute Gasteiger partial charge is 0.339 e. The van der Waals surface area contributed by atoms with Gasteiger partial charge in [-0.15, -0.1) is 0 Å². The van der Waals surface area contributed by atoms with Gasteiger partial charge in [-0.1, -0.05) is 29.4 Å². The van der Waals surface area contributed by atoms with Gasteiger partial charge in [0.1, 0.15) is 5.82 Å². The number of aromatic amines is 1. The topological polar surface area (TPSA) is 96.7 Å². The van der Waals surface area contributed by atoms with Crippen LogP contribution in [0.5, 0.6) is 0 Å². The Morgan fingerprint density at radius 1 is 1.15 bits per heavy atom. The van der Waals surface area contributed by atoms with Crippen molar-refractivity contribution in [2.75, 3.05) is 5.32 Å². The lowest BCUT2D eigenvalue weighted by molar-refractivity contribution is -0.116. The highest BCUT2D eigenvalue weighted by atomic mass is 16.5. The maximum absolute atomic E-state index is 12.2. The van der Waals surface area contributed by atoms with Gasteiger partial charge in [-0.3, -0.25) is 4.79 Å². The summed E-state index contributed by atoms with van der Waals surface area (Å²) in [5.41, 5.74) is 3.51. The summed E-state index contributed by atoms with van der Waals surface area (Å²) in [6.07, 6.45) is 0.687. The molecule has 7 nitrogen and oxygen atoms in total. The van der Waals surface area contributed by atoms with E-state index in [1.165, 1.54) is 0 Å². The highest BCUT2D eigenvalue weighted by Crippen LogP contribution is 2.23. The van der Waals surface area contributed by atoms with E-state index in [9.17, 15) is 4.79 Å². The number of carbonyl (C=O) groups excluding carboxylic acids is 1. The third-order valence-corrected chi connectivity index (χ3v) is 3.94. The Morgan fingerprint density at radius 2 is 2.04 bits per heavy atom. The number of rotatable bonds is 5. The van der Waals surface area contributed by atoms with Gasteiger partial charge in [-0.05, 0) is 31.2 Å². The number of nitrogens with zero attached hydrogens (tertiary/aromatic N) is 3. The second-order valence-corrected chi connectivity index (χ2v) is 5.97. The van der Waals surface area contributed by atoms with Crippen molar-refractivity contribution in [2.45, 2.75) is 19.8 Å². The summed E-state index contributed by atoms with van der Waals surface area (Å²) in [5.74, 6) is 1.69. The third-order valence-electron chi connectivity index (χ3n) is 3.94. The molecule has 0 aliphatic rings. The van der Waals surface area contributed by atoms with Crippen LogP contribution in [0, 0.1) is 6.92 Å². The molecule has 4 rings (SSSR count). The first-order chi connectivity index (χ1) is 12.7. The molecule has 0 atom stereocenters. The van der Waals surface area contributed by atoms with Crippen LogP contribution in [-0.2, 0) is 11.2 Å². The van der Waals surface area contributed by atoms with Gasteiger partial charge in [0.2, 0.25) is 11.8 Å². The molecule has 0 aliphatic heterocycles. The third kappa shape index (κ3) is 3.46. The number of H-pyrrole nitrogens is 1. The molecular weight excluding hydrogens is 330 g/mol. The number of hydrogen-bond donors (Lipinski definition) is 2. The van der Waals surface area contributed by atoms with E-state index in [2.05, 4.69) is 25.4 Å². The molecule has 0 spiro atoms. The zero-order valence-electron chi connectivity index (χ0n) is 14.2. The van der Waals surface area contributed by atoms with Crippen LogP contribution in [-0.4, -0.2) is 26.0 Å². The molecule has 26 heavy (non-hydrogen) atoms. The van der Waals surface area contributed by atoms with Gasteiger partial charge in [0.05, 0.1) is 11.0 Å². The van der Waals surface area contributed by atoms with E-state index in [-0.39, 0.29) is 12.3 Å². The van der Waals surface area contributed by atoms with Gasteiger partial charge in [0, 0.05) is 24.1 Å². The van der Waals surface area contributed by atoms with Crippen LogP contribution >= 0.6 is 0 Å². The Hall–Kier alpha value is -3.48. The van der Waals surface area contributed by atoms with Crippen LogP contribution in [0.1, 0.15) is 18.1 Å².